The molecule has 0 amide bonds. The molecular formula is C16H20N4O. The predicted molar refractivity (Wildman–Crippen MR) is 81.0 cm³/mol. The van der Waals surface area contributed by atoms with Crippen molar-refractivity contribution < 1.29 is 4.74 Å². The zero-order valence-electron chi connectivity index (χ0n) is 12.6. The van der Waals surface area contributed by atoms with Crippen LogP contribution in [-0.2, 0) is 13.1 Å². The lowest BCUT2D eigenvalue weighted by Crippen LogP contribution is -2.21. The molecule has 2 rings (SSSR count). The van der Waals surface area contributed by atoms with E-state index in [0.29, 0.717) is 18.2 Å². The first-order valence-corrected chi connectivity index (χ1v) is 6.93. The third kappa shape index (κ3) is 4.07. The Morgan fingerprint density at radius 2 is 2.24 bits per heavy atom. The zero-order valence-corrected chi connectivity index (χ0v) is 12.6. The van der Waals surface area contributed by atoms with Gasteiger partial charge in [-0.1, -0.05) is 13.8 Å². The highest BCUT2D eigenvalue weighted by molar-refractivity contribution is 5.42. The van der Waals surface area contributed by atoms with Crippen molar-refractivity contribution >= 4 is 0 Å². The fraction of sp³-hybridized carbons (Fsp3) is 0.375. The fourth-order valence-corrected chi connectivity index (χ4v) is 2.06. The molecule has 0 aliphatic heterocycles. The third-order valence-corrected chi connectivity index (χ3v) is 3.14. The normalized spacial score (nSPS) is 10.6. The van der Waals surface area contributed by atoms with Gasteiger partial charge < -0.3 is 14.6 Å². The average molecular weight is 284 g/mol. The van der Waals surface area contributed by atoms with E-state index in [1.54, 1.807) is 19.5 Å². The maximum Gasteiger partial charge on any atom is 0.123 e. The molecular weight excluding hydrogens is 264 g/mol. The van der Waals surface area contributed by atoms with Crippen molar-refractivity contribution in [3.63, 3.8) is 0 Å². The second-order valence-electron chi connectivity index (χ2n) is 5.21. The average Bonchev–Trinajstić information content (AvgIpc) is 2.92. The van der Waals surface area contributed by atoms with Crippen molar-refractivity contribution in [1.29, 1.82) is 5.26 Å². The van der Waals surface area contributed by atoms with Gasteiger partial charge in [-0.05, 0) is 18.2 Å². The minimum atomic E-state index is 0.433. The van der Waals surface area contributed by atoms with E-state index >= 15 is 0 Å². The van der Waals surface area contributed by atoms with Crippen LogP contribution in [0, 0.1) is 11.3 Å². The van der Waals surface area contributed by atoms with Crippen LogP contribution in [0.1, 0.15) is 30.7 Å². The molecule has 0 unspecified atom stereocenters. The molecule has 0 saturated heterocycles. The highest BCUT2D eigenvalue weighted by Crippen LogP contribution is 2.20. The number of hydrogen-bond donors (Lipinski definition) is 1. The summed E-state index contributed by atoms with van der Waals surface area (Å²) in [7, 11) is 1.64. The minimum Gasteiger partial charge on any atom is -0.496 e. The molecule has 0 aliphatic rings. The maximum absolute atomic E-state index is 9.00. The largest absolute Gasteiger partial charge is 0.496 e. The Balaban J connectivity index is 2.13. The van der Waals surface area contributed by atoms with E-state index in [4.69, 9.17) is 10.00 Å². The molecule has 2 aromatic rings. The molecule has 0 saturated carbocycles. The molecule has 0 spiro atoms. The summed E-state index contributed by atoms with van der Waals surface area (Å²) < 4.78 is 7.34. The lowest BCUT2D eigenvalue weighted by Gasteiger charge is -2.09. The molecule has 5 heteroatoms. The standard InChI is InChI=1S/C16H20N4O/c1-12(2)18-8-15-10-20(11-19-15)9-14-6-13(7-17)4-5-16(14)21-3/h4-6,10-12,18H,8-9H2,1-3H3. The van der Waals surface area contributed by atoms with Crippen LogP contribution in [0.2, 0.25) is 0 Å². The lowest BCUT2D eigenvalue weighted by atomic mass is 10.1. The minimum absolute atomic E-state index is 0.433. The smallest absolute Gasteiger partial charge is 0.123 e. The van der Waals surface area contributed by atoms with Gasteiger partial charge in [-0.25, -0.2) is 4.98 Å². The molecule has 110 valence electrons. The van der Waals surface area contributed by atoms with Gasteiger partial charge in [0, 0.05) is 24.3 Å². The summed E-state index contributed by atoms with van der Waals surface area (Å²) in [5, 5.41) is 12.3. The summed E-state index contributed by atoms with van der Waals surface area (Å²) in [5.74, 6) is 0.782. The Morgan fingerprint density at radius 3 is 2.90 bits per heavy atom. The molecule has 21 heavy (non-hydrogen) atoms. The van der Waals surface area contributed by atoms with Crippen LogP contribution in [0.5, 0.6) is 5.75 Å². The van der Waals surface area contributed by atoms with Crippen LogP contribution in [0.4, 0.5) is 0 Å². The Hall–Kier alpha value is -2.32. The Morgan fingerprint density at radius 1 is 1.43 bits per heavy atom. The van der Waals surface area contributed by atoms with E-state index in [1.807, 2.05) is 22.9 Å². The van der Waals surface area contributed by atoms with Crippen molar-refractivity contribution in [3.8, 4) is 11.8 Å². The molecule has 0 radical (unpaired) electrons. The monoisotopic (exact) mass is 284 g/mol. The number of methoxy groups -OCH3 is 1. The number of aromatic nitrogens is 2. The number of rotatable bonds is 6. The molecule has 1 heterocycles. The third-order valence-electron chi connectivity index (χ3n) is 3.14. The summed E-state index contributed by atoms with van der Waals surface area (Å²) in [6, 6.07) is 8.02. The van der Waals surface area contributed by atoms with Crippen molar-refractivity contribution in [3.05, 3.63) is 47.5 Å². The Kier molecular flexibility index (Phi) is 4.96. The fourth-order valence-electron chi connectivity index (χ4n) is 2.06. The number of nitrogens with zero attached hydrogens (tertiary/aromatic N) is 3. The first-order valence-electron chi connectivity index (χ1n) is 6.93. The van der Waals surface area contributed by atoms with Crippen molar-refractivity contribution in [1.82, 2.24) is 14.9 Å². The predicted octanol–water partition coefficient (Wildman–Crippen LogP) is 2.31. The van der Waals surface area contributed by atoms with Gasteiger partial charge in [0.25, 0.3) is 0 Å². The summed E-state index contributed by atoms with van der Waals surface area (Å²) >= 11 is 0. The van der Waals surface area contributed by atoms with Crippen LogP contribution in [-0.4, -0.2) is 22.7 Å². The van der Waals surface area contributed by atoms with Crippen molar-refractivity contribution in [2.24, 2.45) is 0 Å². The van der Waals surface area contributed by atoms with Gasteiger partial charge >= 0.3 is 0 Å². The summed E-state index contributed by atoms with van der Waals surface area (Å²) in [6.07, 6.45) is 3.81. The SMILES string of the molecule is COc1ccc(C#N)cc1Cn1cnc(CNC(C)C)c1. The van der Waals surface area contributed by atoms with Crippen LogP contribution >= 0.6 is 0 Å². The highest BCUT2D eigenvalue weighted by Gasteiger charge is 2.07. The van der Waals surface area contributed by atoms with E-state index in [2.05, 4.69) is 30.2 Å². The van der Waals surface area contributed by atoms with E-state index < -0.39 is 0 Å². The topological polar surface area (TPSA) is 62.9 Å². The molecule has 0 bridgehead atoms. The molecule has 5 nitrogen and oxygen atoms in total. The number of ether oxygens (including phenoxy) is 1. The lowest BCUT2D eigenvalue weighted by molar-refractivity contribution is 0.408. The molecule has 1 aromatic carbocycles. The number of nitriles is 1. The number of imidazole rings is 1. The second-order valence-corrected chi connectivity index (χ2v) is 5.21. The van der Waals surface area contributed by atoms with Gasteiger partial charge in [-0.15, -0.1) is 0 Å². The van der Waals surface area contributed by atoms with E-state index in [0.717, 1.165) is 23.6 Å². The number of nitrogens with one attached hydrogen (secondary N) is 1. The first-order chi connectivity index (χ1) is 10.1. The van der Waals surface area contributed by atoms with E-state index in [9.17, 15) is 0 Å². The summed E-state index contributed by atoms with van der Waals surface area (Å²) in [4.78, 5) is 4.38. The van der Waals surface area contributed by atoms with Crippen molar-refractivity contribution in [2.75, 3.05) is 7.11 Å². The van der Waals surface area contributed by atoms with E-state index in [1.165, 1.54) is 0 Å². The second kappa shape index (κ2) is 6.91. The molecule has 0 aliphatic carbocycles. The molecule has 0 atom stereocenters. The van der Waals surface area contributed by atoms with Crippen molar-refractivity contribution in [2.45, 2.75) is 33.0 Å². The van der Waals surface area contributed by atoms with Crippen LogP contribution < -0.4 is 10.1 Å². The van der Waals surface area contributed by atoms with Gasteiger partial charge in [0.15, 0.2) is 0 Å². The first kappa shape index (κ1) is 15.1. The van der Waals surface area contributed by atoms with Crippen LogP contribution in [0.3, 0.4) is 0 Å². The maximum atomic E-state index is 9.00. The van der Waals surface area contributed by atoms with Crippen LogP contribution in [0.15, 0.2) is 30.7 Å². The summed E-state index contributed by atoms with van der Waals surface area (Å²) in [5.41, 5.74) is 2.60. The zero-order chi connectivity index (χ0) is 15.2. The quantitative estimate of drug-likeness (QED) is 0.884. The molecule has 1 aromatic heterocycles. The molecule has 1 N–H and O–H groups in total. The number of benzene rings is 1. The van der Waals surface area contributed by atoms with Gasteiger partial charge in [0.1, 0.15) is 5.75 Å². The van der Waals surface area contributed by atoms with Gasteiger partial charge in [-0.2, -0.15) is 5.26 Å². The Labute approximate surface area is 125 Å². The van der Waals surface area contributed by atoms with Crippen LogP contribution in [0.25, 0.3) is 0 Å². The van der Waals surface area contributed by atoms with Gasteiger partial charge in [-0.3, -0.25) is 0 Å². The summed E-state index contributed by atoms with van der Waals surface area (Å²) in [6.45, 7) is 5.60. The van der Waals surface area contributed by atoms with Gasteiger partial charge in [0.05, 0.1) is 37.3 Å². The van der Waals surface area contributed by atoms with Gasteiger partial charge in [0.2, 0.25) is 0 Å². The molecule has 0 fully saturated rings. The Bertz CT molecular complexity index is 640. The highest BCUT2D eigenvalue weighted by atomic mass is 16.5. The van der Waals surface area contributed by atoms with E-state index in [-0.39, 0.29) is 0 Å². The number of hydrogen-bond acceptors (Lipinski definition) is 4.